The molecule has 3 nitrogen and oxygen atoms in total. The van der Waals surface area contributed by atoms with Gasteiger partial charge in [0.2, 0.25) is 0 Å². The topological polar surface area (TPSA) is 57.5 Å². The van der Waals surface area contributed by atoms with Crippen LogP contribution in [0, 0.1) is 11.3 Å². The Bertz CT molecular complexity index is 183. The van der Waals surface area contributed by atoms with Crippen molar-refractivity contribution in [1.29, 1.82) is 0 Å². The molecular weight excluding hydrogens is 163 g/mol. The Kier molecular flexibility index (Phi) is 3.73. The molecule has 0 bridgehead atoms. The molecule has 0 aromatic carbocycles. The molecule has 2 N–H and O–H groups in total. The Labute approximate surface area is 70.5 Å². The van der Waals surface area contributed by atoms with Gasteiger partial charge in [0.1, 0.15) is 0 Å². The molecule has 0 heterocycles. The highest BCUT2D eigenvalue weighted by molar-refractivity contribution is 5.53. The first kappa shape index (κ1) is 10.9. The largest absolute Gasteiger partial charge is 0.503 e. The molecule has 1 saturated carbocycles. The number of allylic oxidation sites excluding steroid dienone is 1. The third kappa shape index (κ3) is 4.71. The smallest absolute Gasteiger partial charge is 0.450 e. The van der Waals surface area contributed by atoms with Crippen LogP contribution in [0.15, 0.2) is 12.4 Å². The summed E-state index contributed by atoms with van der Waals surface area (Å²) < 4.78 is 11.4. The zero-order valence-corrected chi connectivity index (χ0v) is 7.12. The van der Waals surface area contributed by atoms with E-state index in [0.29, 0.717) is 17.7 Å². The molecule has 0 aliphatic heterocycles. The summed E-state index contributed by atoms with van der Waals surface area (Å²) in [5, 5.41) is 13.9. The second-order valence-corrected chi connectivity index (χ2v) is 3.40. The van der Waals surface area contributed by atoms with E-state index in [4.69, 9.17) is 15.0 Å². The predicted molar refractivity (Wildman–Crippen MR) is 42.8 cm³/mol. The number of halogens is 1. The molecule has 0 spiro atoms. The number of hydrogen-bond donors (Lipinski definition) is 2. The van der Waals surface area contributed by atoms with Crippen molar-refractivity contribution in [1.82, 2.24) is 0 Å². The van der Waals surface area contributed by atoms with Gasteiger partial charge >= 0.3 is 6.16 Å². The van der Waals surface area contributed by atoms with E-state index in [-0.39, 0.29) is 0 Å². The summed E-state index contributed by atoms with van der Waals surface area (Å²) in [4.78, 5) is 8.56. The predicted octanol–water partition coefficient (Wildman–Crippen LogP) is 2.74. The Morgan fingerprint density at radius 2 is 1.92 bits per heavy atom. The maximum atomic E-state index is 11.4. The van der Waals surface area contributed by atoms with E-state index in [1.165, 1.54) is 0 Å². The fourth-order valence-electron chi connectivity index (χ4n) is 0.924. The van der Waals surface area contributed by atoms with Gasteiger partial charge in [-0.05, 0) is 17.8 Å². The standard InChI is InChI=1S/C7H11F.CH2O3/c1-7(2)5-6(7)3-4-8;2-1(3)4/h3-4,6H,5H2,1-2H3;(H2,2,3,4). The average Bonchev–Trinajstić information content (AvgIpc) is 2.38. The molecule has 4 heteroatoms. The SMILES string of the molecule is CC1(C)CC1C=CF.O=C(O)O. The van der Waals surface area contributed by atoms with E-state index in [1.54, 1.807) is 6.08 Å². The lowest BCUT2D eigenvalue weighted by atomic mass is 10.1. The number of carboxylic acid groups (broad SMARTS) is 2. The summed E-state index contributed by atoms with van der Waals surface area (Å²) in [7, 11) is 0. The van der Waals surface area contributed by atoms with Crippen LogP contribution < -0.4 is 0 Å². The summed E-state index contributed by atoms with van der Waals surface area (Å²) in [5.41, 5.74) is 0.391. The summed E-state index contributed by atoms with van der Waals surface area (Å²) in [5.74, 6) is 0.507. The minimum atomic E-state index is -1.83. The van der Waals surface area contributed by atoms with Crippen LogP contribution in [0.25, 0.3) is 0 Å². The zero-order valence-electron chi connectivity index (χ0n) is 7.12. The number of rotatable bonds is 1. The minimum Gasteiger partial charge on any atom is -0.450 e. The first-order chi connectivity index (χ1) is 5.40. The van der Waals surface area contributed by atoms with Crippen LogP contribution in [0.4, 0.5) is 9.18 Å². The first-order valence-corrected chi connectivity index (χ1v) is 3.59. The van der Waals surface area contributed by atoms with E-state index in [1.807, 2.05) is 0 Å². The van der Waals surface area contributed by atoms with Crippen LogP contribution >= 0.6 is 0 Å². The van der Waals surface area contributed by atoms with Gasteiger partial charge < -0.3 is 10.2 Å². The highest BCUT2D eigenvalue weighted by Gasteiger charge is 2.43. The fraction of sp³-hybridized carbons (Fsp3) is 0.625. The fourth-order valence-corrected chi connectivity index (χ4v) is 0.924. The highest BCUT2D eigenvalue weighted by atomic mass is 19.1. The van der Waals surface area contributed by atoms with Gasteiger partial charge in [-0.1, -0.05) is 19.9 Å². The molecule has 0 aromatic rings. The van der Waals surface area contributed by atoms with Crippen molar-refractivity contribution < 1.29 is 19.4 Å². The van der Waals surface area contributed by atoms with Crippen LogP contribution in [-0.2, 0) is 0 Å². The molecule has 1 atom stereocenters. The van der Waals surface area contributed by atoms with E-state index in [2.05, 4.69) is 13.8 Å². The van der Waals surface area contributed by atoms with Crippen LogP contribution in [0.3, 0.4) is 0 Å². The molecule has 1 rings (SSSR count). The maximum absolute atomic E-state index is 11.4. The Morgan fingerprint density at radius 1 is 1.58 bits per heavy atom. The normalized spacial score (nSPS) is 24.4. The third-order valence-corrected chi connectivity index (χ3v) is 1.89. The monoisotopic (exact) mass is 176 g/mol. The van der Waals surface area contributed by atoms with Crippen LogP contribution in [0.2, 0.25) is 0 Å². The molecule has 70 valence electrons. The van der Waals surface area contributed by atoms with Gasteiger partial charge in [0.25, 0.3) is 0 Å². The van der Waals surface area contributed by atoms with Crippen molar-refractivity contribution >= 4 is 6.16 Å². The molecule has 0 aromatic heterocycles. The minimum absolute atomic E-state index is 0.391. The Morgan fingerprint density at radius 3 is 2.00 bits per heavy atom. The number of hydrogen-bond acceptors (Lipinski definition) is 1. The summed E-state index contributed by atoms with van der Waals surface area (Å²) >= 11 is 0. The lowest BCUT2D eigenvalue weighted by molar-refractivity contribution is 0.137. The van der Waals surface area contributed by atoms with Gasteiger partial charge in [-0.2, -0.15) is 0 Å². The van der Waals surface area contributed by atoms with Gasteiger partial charge in [-0.15, -0.1) is 0 Å². The maximum Gasteiger partial charge on any atom is 0.503 e. The van der Waals surface area contributed by atoms with Crippen molar-refractivity contribution in [3.05, 3.63) is 12.4 Å². The molecular formula is C8H13FO3. The van der Waals surface area contributed by atoms with Gasteiger partial charge in [0.15, 0.2) is 0 Å². The molecule has 0 saturated heterocycles. The Hall–Kier alpha value is -1.06. The molecule has 1 fully saturated rings. The molecule has 1 aliphatic rings. The molecule has 0 amide bonds. The lowest BCUT2D eigenvalue weighted by Gasteiger charge is -1.93. The third-order valence-electron chi connectivity index (χ3n) is 1.89. The van der Waals surface area contributed by atoms with Crippen molar-refractivity contribution in [3.63, 3.8) is 0 Å². The van der Waals surface area contributed by atoms with E-state index in [0.717, 1.165) is 6.42 Å². The van der Waals surface area contributed by atoms with Crippen LogP contribution in [0.1, 0.15) is 20.3 Å². The summed E-state index contributed by atoms with van der Waals surface area (Å²) in [6.07, 6.45) is 1.60. The lowest BCUT2D eigenvalue weighted by Crippen LogP contribution is -1.84. The second-order valence-electron chi connectivity index (χ2n) is 3.40. The summed E-state index contributed by atoms with van der Waals surface area (Å²) in [6, 6.07) is 0. The van der Waals surface area contributed by atoms with Gasteiger partial charge in [-0.25, -0.2) is 9.18 Å². The zero-order chi connectivity index (χ0) is 9.78. The first-order valence-electron chi connectivity index (χ1n) is 3.59. The van der Waals surface area contributed by atoms with E-state index < -0.39 is 6.16 Å². The van der Waals surface area contributed by atoms with Crippen LogP contribution in [-0.4, -0.2) is 16.4 Å². The van der Waals surface area contributed by atoms with Crippen molar-refractivity contribution in [2.45, 2.75) is 20.3 Å². The highest BCUT2D eigenvalue weighted by Crippen LogP contribution is 2.52. The van der Waals surface area contributed by atoms with Gasteiger partial charge in [-0.3, -0.25) is 0 Å². The molecule has 12 heavy (non-hydrogen) atoms. The molecule has 0 radical (unpaired) electrons. The van der Waals surface area contributed by atoms with Crippen LogP contribution in [0.5, 0.6) is 0 Å². The van der Waals surface area contributed by atoms with Crippen molar-refractivity contribution in [3.8, 4) is 0 Å². The molecule has 1 unspecified atom stereocenters. The quantitative estimate of drug-likeness (QED) is 0.645. The van der Waals surface area contributed by atoms with Gasteiger partial charge in [0.05, 0.1) is 6.33 Å². The summed E-state index contributed by atoms with van der Waals surface area (Å²) in [6.45, 7) is 4.30. The van der Waals surface area contributed by atoms with Crippen molar-refractivity contribution in [2.24, 2.45) is 11.3 Å². The van der Waals surface area contributed by atoms with E-state index in [9.17, 15) is 4.39 Å². The van der Waals surface area contributed by atoms with Crippen molar-refractivity contribution in [2.75, 3.05) is 0 Å². The second kappa shape index (κ2) is 4.09. The molecule has 1 aliphatic carbocycles. The number of carbonyl (C=O) groups is 1. The van der Waals surface area contributed by atoms with E-state index >= 15 is 0 Å². The van der Waals surface area contributed by atoms with Gasteiger partial charge in [0, 0.05) is 0 Å². The Balaban J connectivity index is 0.000000261. The average molecular weight is 176 g/mol.